The Bertz CT molecular complexity index is 658. The van der Waals surface area contributed by atoms with Gasteiger partial charge in [0, 0.05) is 17.8 Å². The minimum absolute atomic E-state index is 0.128. The molecular weight excluding hydrogens is 328 g/mol. The first-order valence-electron chi connectivity index (χ1n) is 8.26. The smallest absolute Gasteiger partial charge is 0.242 e. The Balaban J connectivity index is 1.96. The van der Waals surface area contributed by atoms with Gasteiger partial charge in [-0.3, -0.25) is 10.2 Å². The number of nitrogens with one attached hydrogen (secondary N) is 4. The SMILES string of the molecule is CCCC1CC(C(=O)Nc2ccc(S(=O)(=O)NC(C)C)cc2)NN1. The Labute approximate surface area is 143 Å². The molecule has 1 aliphatic rings. The van der Waals surface area contributed by atoms with Crippen LogP contribution in [0.1, 0.15) is 40.0 Å². The first kappa shape index (κ1) is 18.9. The molecule has 0 aliphatic carbocycles. The lowest BCUT2D eigenvalue weighted by molar-refractivity contribution is -0.117. The van der Waals surface area contributed by atoms with E-state index in [-0.39, 0.29) is 22.9 Å². The first-order valence-corrected chi connectivity index (χ1v) is 9.74. The predicted octanol–water partition coefficient (Wildman–Crippen LogP) is 1.35. The van der Waals surface area contributed by atoms with Gasteiger partial charge in [-0.05, 0) is 51.0 Å². The number of rotatable bonds is 7. The van der Waals surface area contributed by atoms with Gasteiger partial charge in [0.2, 0.25) is 15.9 Å². The van der Waals surface area contributed by atoms with Crippen LogP contribution in [0.3, 0.4) is 0 Å². The maximum absolute atomic E-state index is 12.2. The third kappa shape index (κ3) is 5.01. The molecule has 0 saturated carbocycles. The van der Waals surface area contributed by atoms with E-state index in [0.29, 0.717) is 11.7 Å². The van der Waals surface area contributed by atoms with Crippen LogP contribution in [0, 0.1) is 0 Å². The molecule has 0 bridgehead atoms. The van der Waals surface area contributed by atoms with Crippen molar-refractivity contribution in [1.29, 1.82) is 0 Å². The van der Waals surface area contributed by atoms with Gasteiger partial charge in [-0.1, -0.05) is 13.3 Å². The number of hydrazine groups is 1. The summed E-state index contributed by atoms with van der Waals surface area (Å²) in [4.78, 5) is 12.4. The lowest BCUT2D eigenvalue weighted by Gasteiger charge is -2.12. The van der Waals surface area contributed by atoms with Crippen LogP contribution < -0.4 is 20.9 Å². The van der Waals surface area contributed by atoms with Crippen molar-refractivity contribution in [2.45, 2.75) is 63.1 Å². The van der Waals surface area contributed by atoms with Gasteiger partial charge in [0.1, 0.15) is 6.04 Å². The molecule has 2 unspecified atom stereocenters. The van der Waals surface area contributed by atoms with Crippen LogP contribution in [-0.4, -0.2) is 32.5 Å². The zero-order valence-electron chi connectivity index (χ0n) is 14.3. The maximum atomic E-state index is 12.2. The molecule has 1 aromatic rings. The monoisotopic (exact) mass is 354 g/mol. The molecule has 1 aliphatic heterocycles. The number of hydrogen-bond acceptors (Lipinski definition) is 5. The summed E-state index contributed by atoms with van der Waals surface area (Å²) in [5.74, 6) is -0.128. The van der Waals surface area contributed by atoms with Gasteiger partial charge >= 0.3 is 0 Å². The number of benzene rings is 1. The second kappa shape index (κ2) is 8.06. The van der Waals surface area contributed by atoms with Crippen molar-refractivity contribution in [3.63, 3.8) is 0 Å². The van der Waals surface area contributed by atoms with Gasteiger partial charge in [-0.25, -0.2) is 18.6 Å². The fraction of sp³-hybridized carbons (Fsp3) is 0.562. The van der Waals surface area contributed by atoms with Crippen molar-refractivity contribution in [1.82, 2.24) is 15.6 Å². The Hall–Kier alpha value is -1.48. The summed E-state index contributed by atoms with van der Waals surface area (Å²) < 4.78 is 26.7. The van der Waals surface area contributed by atoms with Crippen LogP contribution in [0.15, 0.2) is 29.2 Å². The first-order chi connectivity index (χ1) is 11.3. The Morgan fingerprint density at radius 1 is 1.25 bits per heavy atom. The van der Waals surface area contributed by atoms with Crippen molar-refractivity contribution in [2.24, 2.45) is 0 Å². The number of carbonyl (C=O) groups is 1. The van der Waals surface area contributed by atoms with Gasteiger partial charge in [-0.15, -0.1) is 0 Å². The zero-order chi connectivity index (χ0) is 17.7. The lowest BCUT2D eigenvalue weighted by atomic mass is 10.1. The van der Waals surface area contributed by atoms with Crippen molar-refractivity contribution in [3.8, 4) is 0 Å². The molecule has 1 amide bonds. The third-order valence-electron chi connectivity index (χ3n) is 3.76. The van der Waals surface area contributed by atoms with E-state index in [1.54, 1.807) is 26.0 Å². The predicted molar refractivity (Wildman–Crippen MR) is 93.9 cm³/mol. The number of carbonyl (C=O) groups excluding carboxylic acids is 1. The standard InChI is InChI=1S/C16H26N4O3S/c1-4-5-13-10-15(19-18-13)16(21)17-12-6-8-14(9-7-12)24(22,23)20-11(2)3/h6-9,11,13,15,18-20H,4-5,10H2,1-3H3,(H,17,21). The molecule has 2 atom stereocenters. The molecular formula is C16H26N4O3S. The molecule has 134 valence electrons. The van der Waals surface area contributed by atoms with E-state index in [2.05, 4.69) is 27.8 Å². The van der Waals surface area contributed by atoms with Crippen LogP contribution in [0.4, 0.5) is 5.69 Å². The molecule has 0 aromatic heterocycles. The van der Waals surface area contributed by atoms with Crippen molar-refractivity contribution in [3.05, 3.63) is 24.3 Å². The van der Waals surface area contributed by atoms with Gasteiger partial charge in [0.25, 0.3) is 0 Å². The summed E-state index contributed by atoms with van der Waals surface area (Å²) in [6.45, 7) is 5.64. The topological polar surface area (TPSA) is 99.3 Å². The number of sulfonamides is 1. The van der Waals surface area contributed by atoms with E-state index >= 15 is 0 Å². The lowest BCUT2D eigenvalue weighted by Crippen LogP contribution is -2.40. The van der Waals surface area contributed by atoms with Gasteiger partial charge < -0.3 is 5.32 Å². The highest BCUT2D eigenvalue weighted by Crippen LogP contribution is 2.16. The van der Waals surface area contributed by atoms with Crippen LogP contribution in [-0.2, 0) is 14.8 Å². The van der Waals surface area contributed by atoms with E-state index in [0.717, 1.165) is 19.3 Å². The second-order valence-electron chi connectivity index (χ2n) is 6.35. The van der Waals surface area contributed by atoms with E-state index < -0.39 is 10.0 Å². The highest BCUT2D eigenvalue weighted by atomic mass is 32.2. The molecule has 0 spiro atoms. The summed E-state index contributed by atoms with van der Waals surface area (Å²) in [5, 5.41) is 2.81. The molecule has 1 fully saturated rings. The molecule has 2 rings (SSSR count). The average Bonchev–Trinajstić information content (AvgIpc) is 2.96. The van der Waals surface area contributed by atoms with Crippen molar-refractivity contribution in [2.75, 3.05) is 5.32 Å². The molecule has 4 N–H and O–H groups in total. The minimum Gasteiger partial charge on any atom is -0.325 e. The van der Waals surface area contributed by atoms with Gasteiger partial charge in [-0.2, -0.15) is 0 Å². The van der Waals surface area contributed by atoms with E-state index in [4.69, 9.17) is 0 Å². The number of hydrogen-bond donors (Lipinski definition) is 4. The van der Waals surface area contributed by atoms with Crippen LogP contribution in [0.25, 0.3) is 0 Å². The van der Waals surface area contributed by atoms with E-state index in [9.17, 15) is 13.2 Å². The fourth-order valence-electron chi connectivity index (χ4n) is 2.66. The van der Waals surface area contributed by atoms with Crippen molar-refractivity contribution >= 4 is 21.6 Å². The third-order valence-corrected chi connectivity index (χ3v) is 5.43. The highest BCUT2D eigenvalue weighted by molar-refractivity contribution is 7.89. The van der Waals surface area contributed by atoms with E-state index in [1.165, 1.54) is 12.1 Å². The molecule has 1 heterocycles. The molecule has 24 heavy (non-hydrogen) atoms. The Morgan fingerprint density at radius 3 is 2.50 bits per heavy atom. The summed E-state index contributed by atoms with van der Waals surface area (Å²) in [7, 11) is -3.52. The van der Waals surface area contributed by atoms with Gasteiger partial charge in [0.05, 0.1) is 4.90 Å². The quantitative estimate of drug-likeness (QED) is 0.592. The average molecular weight is 354 g/mol. The zero-order valence-corrected chi connectivity index (χ0v) is 15.1. The van der Waals surface area contributed by atoms with Gasteiger partial charge in [0.15, 0.2) is 0 Å². The second-order valence-corrected chi connectivity index (χ2v) is 8.07. The summed E-state index contributed by atoms with van der Waals surface area (Å²) in [6.07, 6.45) is 2.82. The number of amides is 1. The number of anilines is 1. The summed E-state index contributed by atoms with van der Waals surface area (Å²) >= 11 is 0. The molecule has 8 heteroatoms. The molecule has 7 nitrogen and oxygen atoms in total. The van der Waals surface area contributed by atoms with E-state index in [1.807, 2.05) is 0 Å². The van der Waals surface area contributed by atoms with Crippen molar-refractivity contribution < 1.29 is 13.2 Å². The molecule has 0 radical (unpaired) electrons. The summed E-state index contributed by atoms with van der Waals surface area (Å²) in [5.41, 5.74) is 6.70. The van der Waals surface area contributed by atoms with Crippen LogP contribution in [0.5, 0.6) is 0 Å². The van der Waals surface area contributed by atoms with Crippen LogP contribution >= 0.6 is 0 Å². The molecule has 1 saturated heterocycles. The Morgan fingerprint density at radius 2 is 1.92 bits per heavy atom. The molecule has 1 aromatic carbocycles. The maximum Gasteiger partial charge on any atom is 0.242 e. The Kier molecular flexibility index (Phi) is 6.34. The normalized spacial score (nSPS) is 21.2. The summed E-state index contributed by atoms with van der Waals surface area (Å²) in [6, 6.07) is 6.01. The highest BCUT2D eigenvalue weighted by Gasteiger charge is 2.28. The minimum atomic E-state index is -3.52. The largest absolute Gasteiger partial charge is 0.325 e. The van der Waals surface area contributed by atoms with Crippen LogP contribution in [0.2, 0.25) is 0 Å². The fourth-order valence-corrected chi connectivity index (χ4v) is 3.91.